The molecule has 0 bridgehead atoms. The Morgan fingerprint density at radius 1 is 1.03 bits per heavy atom. The summed E-state index contributed by atoms with van der Waals surface area (Å²) >= 11 is 0. The van der Waals surface area contributed by atoms with Crippen molar-refractivity contribution in [1.82, 2.24) is 29.9 Å². The van der Waals surface area contributed by atoms with Gasteiger partial charge < -0.3 is 10.5 Å². The van der Waals surface area contributed by atoms with Gasteiger partial charge in [-0.25, -0.2) is 14.6 Å². The van der Waals surface area contributed by atoms with Gasteiger partial charge in [0, 0.05) is 12.7 Å². The molecule has 9 nitrogen and oxygen atoms in total. The molecule has 2 N–H and O–H groups in total. The minimum absolute atomic E-state index is 0.123. The number of benzene rings is 1. The average Bonchev–Trinajstić information content (AvgIpc) is 3.22. The maximum Gasteiger partial charge on any atom is 0.221 e. The molecule has 0 atom stereocenters. The molecule has 0 radical (unpaired) electrons. The van der Waals surface area contributed by atoms with Crippen molar-refractivity contribution < 1.29 is 4.74 Å². The van der Waals surface area contributed by atoms with E-state index < -0.39 is 0 Å². The topological polar surface area (TPSA) is 128 Å². The second kappa shape index (κ2) is 8.69. The van der Waals surface area contributed by atoms with Gasteiger partial charge in [0.1, 0.15) is 5.69 Å². The first-order valence-electron chi connectivity index (χ1n) is 9.56. The van der Waals surface area contributed by atoms with E-state index in [1.807, 2.05) is 37.3 Å². The maximum absolute atomic E-state index is 9.31. The molecule has 3 heterocycles. The molecule has 4 aromatic rings. The molecule has 31 heavy (non-hydrogen) atoms. The Labute approximate surface area is 179 Å². The fraction of sp³-hybridized carbons (Fsp3) is 0.182. The second-order valence-corrected chi connectivity index (χ2v) is 6.94. The second-order valence-electron chi connectivity index (χ2n) is 6.94. The first-order chi connectivity index (χ1) is 15.1. The number of hydrogen-bond acceptors (Lipinski definition) is 8. The third-order valence-corrected chi connectivity index (χ3v) is 4.76. The van der Waals surface area contributed by atoms with Gasteiger partial charge in [0.2, 0.25) is 5.95 Å². The lowest BCUT2D eigenvalue weighted by molar-refractivity contribution is 0.181. The summed E-state index contributed by atoms with van der Waals surface area (Å²) in [6.45, 7) is 2.79. The van der Waals surface area contributed by atoms with Crippen molar-refractivity contribution in [2.24, 2.45) is 0 Å². The van der Waals surface area contributed by atoms with Crippen molar-refractivity contribution in [3.8, 4) is 28.7 Å². The van der Waals surface area contributed by atoms with Crippen molar-refractivity contribution >= 4 is 5.95 Å². The van der Waals surface area contributed by atoms with Crippen LogP contribution >= 0.6 is 0 Å². The Kier molecular flexibility index (Phi) is 5.64. The molecule has 4 rings (SSSR count). The highest BCUT2D eigenvalue weighted by atomic mass is 16.5. The Hall–Kier alpha value is -4.16. The molecule has 0 aliphatic carbocycles. The highest BCUT2D eigenvalue weighted by Gasteiger charge is 2.13. The summed E-state index contributed by atoms with van der Waals surface area (Å²) < 4.78 is 6.82. The van der Waals surface area contributed by atoms with Crippen LogP contribution in [0.1, 0.15) is 22.5 Å². The number of anilines is 1. The largest absolute Gasteiger partial charge is 0.378 e. The SMILES string of the molecule is COCc1cccc(Cn2cc(-c3cc(-c4cccc(C#N)c4C)nc(N)n3)nn2)n1. The summed E-state index contributed by atoms with van der Waals surface area (Å²) in [6, 6.07) is 15.2. The predicted octanol–water partition coefficient (Wildman–Crippen LogP) is 2.75. The van der Waals surface area contributed by atoms with Crippen LogP contribution in [0, 0.1) is 18.3 Å². The molecule has 3 aromatic heterocycles. The maximum atomic E-state index is 9.31. The highest BCUT2D eigenvalue weighted by Crippen LogP contribution is 2.27. The van der Waals surface area contributed by atoms with Crippen LogP contribution in [0.3, 0.4) is 0 Å². The fourth-order valence-electron chi connectivity index (χ4n) is 3.27. The first-order valence-corrected chi connectivity index (χ1v) is 9.56. The number of ether oxygens (including phenoxy) is 1. The molecular weight excluding hydrogens is 392 g/mol. The molecule has 0 saturated heterocycles. The number of rotatable bonds is 6. The molecular formula is C22H20N8O. The molecule has 0 spiro atoms. The number of nitrogens with zero attached hydrogens (tertiary/aromatic N) is 7. The van der Waals surface area contributed by atoms with E-state index in [1.165, 1.54) is 0 Å². The van der Waals surface area contributed by atoms with Crippen LogP contribution in [-0.4, -0.2) is 37.1 Å². The van der Waals surface area contributed by atoms with Gasteiger partial charge in [0.15, 0.2) is 0 Å². The summed E-state index contributed by atoms with van der Waals surface area (Å²) in [7, 11) is 1.64. The molecule has 0 amide bonds. The minimum atomic E-state index is 0.123. The monoisotopic (exact) mass is 412 g/mol. The lowest BCUT2D eigenvalue weighted by Crippen LogP contribution is -2.04. The molecule has 1 aromatic carbocycles. The Balaban J connectivity index is 1.64. The van der Waals surface area contributed by atoms with Gasteiger partial charge in [-0.15, -0.1) is 5.10 Å². The van der Waals surface area contributed by atoms with Gasteiger partial charge in [-0.2, -0.15) is 5.26 Å². The van der Waals surface area contributed by atoms with Gasteiger partial charge >= 0.3 is 0 Å². The number of nitriles is 1. The molecule has 0 unspecified atom stereocenters. The number of hydrogen-bond donors (Lipinski definition) is 1. The van der Waals surface area contributed by atoms with E-state index in [0.717, 1.165) is 22.5 Å². The van der Waals surface area contributed by atoms with E-state index in [9.17, 15) is 5.26 Å². The van der Waals surface area contributed by atoms with Crippen molar-refractivity contribution in [1.29, 1.82) is 5.26 Å². The van der Waals surface area contributed by atoms with E-state index in [4.69, 9.17) is 10.5 Å². The summed E-state index contributed by atoms with van der Waals surface area (Å²) in [6.07, 6.45) is 1.79. The van der Waals surface area contributed by atoms with Crippen LogP contribution < -0.4 is 5.73 Å². The lowest BCUT2D eigenvalue weighted by Gasteiger charge is -2.08. The molecule has 0 aliphatic heterocycles. The van der Waals surface area contributed by atoms with E-state index >= 15 is 0 Å². The quantitative estimate of drug-likeness (QED) is 0.512. The summed E-state index contributed by atoms with van der Waals surface area (Å²) in [5.74, 6) is 0.123. The molecule has 0 saturated carbocycles. The van der Waals surface area contributed by atoms with E-state index in [-0.39, 0.29) is 5.95 Å². The minimum Gasteiger partial charge on any atom is -0.378 e. The Morgan fingerprint density at radius 3 is 2.61 bits per heavy atom. The number of methoxy groups -OCH3 is 1. The Bertz CT molecular complexity index is 1270. The third-order valence-electron chi connectivity index (χ3n) is 4.76. The van der Waals surface area contributed by atoms with Crippen LogP contribution in [0.15, 0.2) is 48.7 Å². The van der Waals surface area contributed by atoms with Gasteiger partial charge in [-0.1, -0.05) is 23.4 Å². The van der Waals surface area contributed by atoms with Crippen LogP contribution in [0.25, 0.3) is 22.6 Å². The molecule has 0 aliphatic rings. The first kappa shape index (κ1) is 20.1. The lowest BCUT2D eigenvalue weighted by atomic mass is 10.00. The average molecular weight is 412 g/mol. The Morgan fingerprint density at radius 2 is 1.81 bits per heavy atom. The third kappa shape index (κ3) is 4.39. The van der Waals surface area contributed by atoms with Crippen LogP contribution in [0.2, 0.25) is 0 Å². The van der Waals surface area contributed by atoms with Gasteiger partial charge in [-0.05, 0) is 36.8 Å². The predicted molar refractivity (Wildman–Crippen MR) is 114 cm³/mol. The van der Waals surface area contributed by atoms with Crippen molar-refractivity contribution in [3.63, 3.8) is 0 Å². The molecule has 9 heteroatoms. The van der Waals surface area contributed by atoms with Gasteiger partial charge in [0.25, 0.3) is 0 Å². The zero-order valence-electron chi connectivity index (χ0n) is 17.1. The summed E-state index contributed by atoms with van der Waals surface area (Å²) in [5, 5.41) is 17.7. The standard InChI is InChI=1S/C22H20N8O/c1-14-15(10-23)5-3-8-18(14)19-9-20(27-22(24)26-19)21-12-30(29-28-21)11-16-6-4-7-17(25-16)13-31-2/h3-9,12H,11,13H2,1-2H3,(H2,24,26,27). The van der Waals surface area contributed by atoms with Crippen LogP contribution in [0.5, 0.6) is 0 Å². The van der Waals surface area contributed by atoms with Gasteiger partial charge in [0.05, 0.1) is 53.8 Å². The van der Waals surface area contributed by atoms with Crippen molar-refractivity contribution in [2.75, 3.05) is 12.8 Å². The highest BCUT2D eigenvalue weighted by molar-refractivity contribution is 5.71. The number of aromatic nitrogens is 6. The van der Waals surface area contributed by atoms with Crippen LogP contribution in [0.4, 0.5) is 5.95 Å². The number of pyridine rings is 1. The molecule has 0 fully saturated rings. The van der Waals surface area contributed by atoms with Crippen LogP contribution in [-0.2, 0) is 17.9 Å². The number of nitrogen functional groups attached to an aromatic ring is 1. The van der Waals surface area contributed by atoms with E-state index in [1.54, 1.807) is 30.1 Å². The summed E-state index contributed by atoms with van der Waals surface area (Å²) in [5.41, 5.74) is 11.6. The van der Waals surface area contributed by atoms with E-state index in [2.05, 4.69) is 31.3 Å². The fourth-order valence-corrected chi connectivity index (χ4v) is 3.27. The van der Waals surface area contributed by atoms with E-state index in [0.29, 0.717) is 35.8 Å². The normalized spacial score (nSPS) is 10.7. The summed E-state index contributed by atoms with van der Waals surface area (Å²) in [4.78, 5) is 13.2. The number of nitrogens with two attached hydrogens (primary N) is 1. The van der Waals surface area contributed by atoms with Gasteiger partial charge in [-0.3, -0.25) is 4.98 Å². The zero-order valence-corrected chi connectivity index (χ0v) is 17.1. The van der Waals surface area contributed by atoms with Crippen molar-refractivity contribution in [3.05, 3.63) is 71.2 Å². The molecule has 154 valence electrons. The smallest absolute Gasteiger partial charge is 0.221 e. The van der Waals surface area contributed by atoms with Crippen molar-refractivity contribution in [2.45, 2.75) is 20.1 Å². The zero-order chi connectivity index (χ0) is 21.8.